The van der Waals surface area contributed by atoms with E-state index in [9.17, 15) is 0 Å². The molecule has 8 nitrogen and oxygen atoms in total. The van der Waals surface area contributed by atoms with E-state index < -0.39 is 0 Å². The maximum absolute atomic E-state index is 5.24. The van der Waals surface area contributed by atoms with E-state index in [0.29, 0.717) is 18.3 Å². The Balaban J connectivity index is 1.52. The summed E-state index contributed by atoms with van der Waals surface area (Å²) in [4.78, 5) is 11.7. The first kappa shape index (κ1) is 17.5. The van der Waals surface area contributed by atoms with Crippen LogP contribution in [0.4, 0.5) is 17.5 Å². The Morgan fingerprint density at radius 2 is 1.96 bits per heavy atom. The molecule has 4 aromatic rings. The van der Waals surface area contributed by atoms with E-state index in [4.69, 9.17) is 4.74 Å². The quantitative estimate of drug-likeness (QED) is 0.455. The zero-order valence-electron chi connectivity index (χ0n) is 15.3. The summed E-state index contributed by atoms with van der Waals surface area (Å²) < 4.78 is 5.24. The molecule has 1 aromatic carbocycles. The smallest absolute Gasteiger partial charge is 0.226 e. The summed E-state index contributed by atoms with van der Waals surface area (Å²) in [6.07, 6.45) is 5.31. The van der Waals surface area contributed by atoms with Crippen molar-refractivity contribution in [3.63, 3.8) is 0 Å². The van der Waals surface area contributed by atoms with Gasteiger partial charge in [-0.25, -0.2) is 4.98 Å². The molecule has 28 heavy (non-hydrogen) atoms. The number of aromatic amines is 1. The van der Waals surface area contributed by atoms with E-state index >= 15 is 0 Å². The van der Waals surface area contributed by atoms with Gasteiger partial charge in [0.1, 0.15) is 11.6 Å². The fraction of sp³-hybridized carbons (Fsp3) is 0.100. The van der Waals surface area contributed by atoms with Gasteiger partial charge in [-0.15, -0.1) is 10.2 Å². The SMILES string of the molecule is COc1cccc(Nc2nnc(-c3cccnc3NCc3cccnc3)[nH]2)c1. The normalized spacial score (nSPS) is 10.5. The monoisotopic (exact) mass is 373 g/mol. The number of benzene rings is 1. The Bertz CT molecular complexity index is 1050. The zero-order chi connectivity index (χ0) is 19.2. The zero-order valence-corrected chi connectivity index (χ0v) is 15.3. The number of hydrogen-bond donors (Lipinski definition) is 3. The topological polar surface area (TPSA) is 101 Å². The fourth-order valence-electron chi connectivity index (χ4n) is 2.70. The van der Waals surface area contributed by atoms with Crippen molar-refractivity contribution < 1.29 is 4.74 Å². The maximum atomic E-state index is 5.24. The summed E-state index contributed by atoms with van der Waals surface area (Å²) >= 11 is 0. The molecular weight excluding hydrogens is 354 g/mol. The van der Waals surface area contributed by atoms with Crippen molar-refractivity contribution in [2.24, 2.45) is 0 Å². The summed E-state index contributed by atoms with van der Waals surface area (Å²) in [5.74, 6) is 2.63. The predicted octanol–water partition coefficient (Wildman–Crippen LogP) is 3.63. The van der Waals surface area contributed by atoms with Crippen LogP contribution in [0.15, 0.2) is 67.1 Å². The molecule has 0 saturated heterocycles. The van der Waals surface area contributed by atoms with Crippen molar-refractivity contribution in [1.82, 2.24) is 25.1 Å². The molecule has 3 aromatic heterocycles. The second kappa shape index (κ2) is 8.17. The molecule has 0 atom stereocenters. The molecule has 4 rings (SSSR count). The van der Waals surface area contributed by atoms with Crippen LogP contribution in [0.5, 0.6) is 5.75 Å². The lowest BCUT2D eigenvalue weighted by Crippen LogP contribution is -2.03. The van der Waals surface area contributed by atoms with Crippen LogP contribution in [0, 0.1) is 0 Å². The van der Waals surface area contributed by atoms with Crippen LogP contribution in [0.1, 0.15) is 5.56 Å². The number of aromatic nitrogens is 5. The molecule has 8 heteroatoms. The van der Waals surface area contributed by atoms with Gasteiger partial charge in [0.25, 0.3) is 0 Å². The number of anilines is 3. The van der Waals surface area contributed by atoms with Gasteiger partial charge in [-0.1, -0.05) is 12.1 Å². The Hall–Kier alpha value is -3.94. The first-order valence-corrected chi connectivity index (χ1v) is 8.74. The Morgan fingerprint density at radius 1 is 1.04 bits per heavy atom. The van der Waals surface area contributed by atoms with Gasteiger partial charge < -0.3 is 20.4 Å². The summed E-state index contributed by atoms with van der Waals surface area (Å²) in [6, 6.07) is 15.3. The van der Waals surface area contributed by atoms with Crippen LogP contribution in [0.3, 0.4) is 0 Å². The molecule has 0 aliphatic heterocycles. The van der Waals surface area contributed by atoms with Crippen LogP contribution >= 0.6 is 0 Å². The second-order valence-electron chi connectivity index (χ2n) is 5.99. The van der Waals surface area contributed by atoms with Gasteiger partial charge in [0.15, 0.2) is 5.82 Å². The average Bonchev–Trinajstić information content (AvgIpc) is 3.21. The fourth-order valence-corrected chi connectivity index (χ4v) is 2.70. The summed E-state index contributed by atoms with van der Waals surface area (Å²) in [6.45, 7) is 0.612. The lowest BCUT2D eigenvalue weighted by molar-refractivity contribution is 0.415. The standard InChI is InChI=1S/C20H19N7O/c1-28-16-7-2-6-15(11-16)24-20-25-19(26-27-20)17-8-4-10-22-18(17)23-13-14-5-3-9-21-12-14/h2-12H,13H2,1H3,(H,22,23)(H2,24,25,26,27). The average molecular weight is 373 g/mol. The molecule has 0 aliphatic rings. The van der Waals surface area contributed by atoms with Crippen molar-refractivity contribution in [1.29, 1.82) is 0 Å². The first-order chi connectivity index (χ1) is 13.8. The van der Waals surface area contributed by atoms with Crippen molar-refractivity contribution in [3.8, 4) is 17.1 Å². The number of rotatable bonds is 7. The van der Waals surface area contributed by atoms with Crippen LogP contribution in [0.25, 0.3) is 11.4 Å². The maximum Gasteiger partial charge on any atom is 0.226 e. The summed E-state index contributed by atoms with van der Waals surface area (Å²) in [7, 11) is 1.63. The minimum atomic E-state index is 0.533. The summed E-state index contributed by atoms with van der Waals surface area (Å²) in [5.41, 5.74) is 2.75. The van der Waals surface area contributed by atoms with Gasteiger partial charge in [-0.2, -0.15) is 0 Å². The number of H-pyrrole nitrogens is 1. The molecule has 140 valence electrons. The number of nitrogens with zero attached hydrogens (tertiary/aromatic N) is 4. The van der Waals surface area contributed by atoms with Crippen molar-refractivity contribution >= 4 is 17.5 Å². The molecule has 0 radical (unpaired) electrons. The van der Waals surface area contributed by atoms with E-state index in [1.807, 2.05) is 54.7 Å². The van der Waals surface area contributed by atoms with Crippen molar-refractivity contribution in [2.75, 3.05) is 17.7 Å². The molecule has 3 N–H and O–H groups in total. The highest BCUT2D eigenvalue weighted by atomic mass is 16.5. The van der Waals surface area contributed by atoms with E-state index in [2.05, 4.69) is 35.8 Å². The third-order valence-corrected chi connectivity index (χ3v) is 4.06. The van der Waals surface area contributed by atoms with Gasteiger partial charge in [0, 0.05) is 36.9 Å². The van der Waals surface area contributed by atoms with E-state index in [-0.39, 0.29) is 0 Å². The first-order valence-electron chi connectivity index (χ1n) is 8.74. The molecule has 3 heterocycles. The van der Waals surface area contributed by atoms with Crippen LogP contribution in [-0.2, 0) is 6.54 Å². The number of ether oxygens (including phenoxy) is 1. The third-order valence-electron chi connectivity index (χ3n) is 4.06. The highest BCUT2D eigenvalue weighted by Crippen LogP contribution is 2.25. The molecule has 0 fully saturated rings. The Labute approximate surface area is 162 Å². The molecule has 0 amide bonds. The minimum absolute atomic E-state index is 0.533. The summed E-state index contributed by atoms with van der Waals surface area (Å²) in [5, 5.41) is 14.9. The van der Waals surface area contributed by atoms with E-state index in [1.165, 1.54) is 0 Å². The third kappa shape index (κ3) is 4.07. The van der Waals surface area contributed by atoms with Gasteiger partial charge in [-0.3, -0.25) is 4.98 Å². The van der Waals surface area contributed by atoms with Crippen LogP contribution in [-0.4, -0.2) is 32.3 Å². The van der Waals surface area contributed by atoms with Crippen molar-refractivity contribution in [2.45, 2.75) is 6.54 Å². The highest BCUT2D eigenvalue weighted by molar-refractivity contribution is 5.70. The molecule has 0 bridgehead atoms. The lowest BCUT2D eigenvalue weighted by atomic mass is 10.2. The predicted molar refractivity (Wildman–Crippen MR) is 107 cm³/mol. The highest BCUT2D eigenvalue weighted by Gasteiger charge is 2.11. The van der Waals surface area contributed by atoms with E-state index in [1.54, 1.807) is 19.5 Å². The Morgan fingerprint density at radius 3 is 2.82 bits per heavy atom. The minimum Gasteiger partial charge on any atom is -0.497 e. The molecular formula is C20H19N7O. The molecule has 0 unspecified atom stereocenters. The number of nitrogens with one attached hydrogen (secondary N) is 3. The van der Waals surface area contributed by atoms with Gasteiger partial charge in [0.2, 0.25) is 5.95 Å². The van der Waals surface area contributed by atoms with Crippen molar-refractivity contribution in [3.05, 3.63) is 72.7 Å². The largest absolute Gasteiger partial charge is 0.497 e. The number of hydrogen-bond acceptors (Lipinski definition) is 7. The second-order valence-corrected chi connectivity index (χ2v) is 5.99. The number of methoxy groups -OCH3 is 1. The van der Waals surface area contributed by atoms with Gasteiger partial charge in [0.05, 0.1) is 12.7 Å². The number of pyridine rings is 2. The van der Waals surface area contributed by atoms with Gasteiger partial charge in [-0.05, 0) is 35.9 Å². The molecule has 0 saturated carbocycles. The lowest BCUT2D eigenvalue weighted by Gasteiger charge is -2.09. The van der Waals surface area contributed by atoms with Crippen LogP contribution < -0.4 is 15.4 Å². The Kier molecular flexibility index (Phi) is 5.10. The van der Waals surface area contributed by atoms with Crippen LogP contribution in [0.2, 0.25) is 0 Å². The van der Waals surface area contributed by atoms with E-state index in [0.717, 1.165) is 28.4 Å². The molecule has 0 spiro atoms. The van der Waals surface area contributed by atoms with Gasteiger partial charge >= 0.3 is 0 Å². The molecule has 0 aliphatic carbocycles.